The van der Waals surface area contributed by atoms with Crippen LogP contribution in [0.25, 0.3) is 0 Å². The molecule has 2 N–H and O–H groups in total. The lowest BCUT2D eigenvalue weighted by molar-refractivity contribution is 0.196. The molecule has 1 aromatic rings. The number of ether oxygens (including phenoxy) is 2. The maximum absolute atomic E-state index is 8.87. The van der Waals surface area contributed by atoms with Crippen molar-refractivity contribution >= 4 is 5.69 Å². The van der Waals surface area contributed by atoms with Gasteiger partial charge in [0.15, 0.2) is 11.5 Å². The van der Waals surface area contributed by atoms with Crippen LogP contribution >= 0.6 is 0 Å². The van der Waals surface area contributed by atoms with Crippen LogP contribution in [0.5, 0.6) is 11.5 Å². The molecule has 1 fully saturated rings. The molecule has 3 rings (SSSR count). The van der Waals surface area contributed by atoms with Crippen LogP contribution in [0, 0.1) is 11.8 Å². The van der Waals surface area contributed by atoms with Crippen molar-refractivity contribution in [3.63, 3.8) is 0 Å². The maximum atomic E-state index is 8.87. The minimum absolute atomic E-state index is 0.00200. The van der Waals surface area contributed by atoms with Crippen LogP contribution < -0.4 is 14.8 Å². The molecule has 2 aliphatic carbocycles. The quantitative estimate of drug-likeness (QED) is 0.783. The summed E-state index contributed by atoms with van der Waals surface area (Å²) in [5.41, 5.74) is 1.04. The van der Waals surface area contributed by atoms with E-state index in [4.69, 9.17) is 14.6 Å². The molecule has 4 heteroatoms. The second-order valence-electron chi connectivity index (χ2n) is 5.43. The number of rotatable bonds is 6. The summed E-state index contributed by atoms with van der Waals surface area (Å²) in [4.78, 5) is 0. The lowest BCUT2D eigenvalue weighted by Gasteiger charge is -2.41. The Morgan fingerprint density at radius 3 is 3.00 bits per heavy atom. The highest BCUT2D eigenvalue weighted by Gasteiger charge is 2.40. The highest BCUT2D eigenvalue weighted by molar-refractivity contribution is 5.55. The van der Waals surface area contributed by atoms with E-state index in [9.17, 15) is 0 Å². The third-order valence-electron chi connectivity index (χ3n) is 4.23. The molecule has 3 atom stereocenters. The number of aliphatic hydroxyl groups excluding tert-OH is 1. The number of methoxy groups -OCH3 is 1. The van der Waals surface area contributed by atoms with E-state index in [2.05, 4.69) is 17.5 Å². The van der Waals surface area contributed by atoms with E-state index in [1.807, 2.05) is 18.2 Å². The third kappa shape index (κ3) is 2.48. The summed E-state index contributed by atoms with van der Waals surface area (Å²) in [6.07, 6.45) is 7.09. The number of allylic oxidation sites excluding steroid dienone is 1. The fourth-order valence-corrected chi connectivity index (χ4v) is 3.13. The van der Waals surface area contributed by atoms with Gasteiger partial charge < -0.3 is 19.9 Å². The van der Waals surface area contributed by atoms with E-state index in [1.165, 1.54) is 12.8 Å². The molecule has 20 heavy (non-hydrogen) atoms. The predicted molar refractivity (Wildman–Crippen MR) is 78.3 cm³/mol. The Labute approximate surface area is 119 Å². The topological polar surface area (TPSA) is 50.7 Å². The van der Waals surface area contributed by atoms with Gasteiger partial charge in [0, 0.05) is 23.7 Å². The Bertz CT molecular complexity index is 500. The zero-order valence-electron chi connectivity index (χ0n) is 11.7. The van der Waals surface area contributed by atoms with Crippen LogP contribution in [0.3, 0.4) is 0 Å². The average Bonchev–Trinajstić information content (AvgIpc) is 2.84. The van der Waals surface area contributed by atoms with Gasteiger partial charge in [0.05, 0.1) is 13.7 Å². The van der Waals surface area contributed by atoms with Gasteiger partial charge in [-0.3, -0.25) is 0 Å². The third-order valence-corrected chi connectivity index (χ3v) is 4.23. The second kappa shape index (κ2) is 5.75. The molecule has 0 aromatic heterocycles. The highest BCUT2D eigenvalue weighted by Crippen LogP contribution is 2.44. The van der Waals surface area contributed by atoms with Crippen molar-refractivity contribution in [3.05, 3.63) is 30.4 Å². The zero-order chi connectivity index (χ0) is 13.9. The van der Waals surface area contributed by atoms with E-state index in [1.54, 1.807) is 7.11 Å². The minimum Gasteiger partial charge on any atom is -0.493 e. The van der Waals surface area contributed by atoms with Crippen molar-refractivity contribution < 1.29 is 14.6 Å². The number of hydrogen-bond donors (Lipinski definition) is 2. The zero-order valence-corrected chi connectivity index (χ0v) is 11.7. The molecule has 0 bridgehead atoms. The average molecular weight is 275 g/mol. The van der Waals surface area contributed by atoms with Gasteiger partial charge in [-0.25, -0.2) is 0 Å². The first-order chi connectivity index (χ1) is 9.81. The van der Waals surface area contributed by atoms with E-state index < -0.39 is 0 Å². The molecular weight excluding hydrogens is 254 g/mol. The second-order valence-corrected chi connectivity index (χ2v) is 5.43. The van der Waals surface area contributed by atoms with Crippen LogP contribution in [-0.2, 0) is 0 Å². The monoisotopic (exact) mass is 275 g/mol. The summed E-state index contributed by atoms with van der Waals surface area (Å²) in [6.45, 7) is 0.272. The van der Waals surface area contributed by atoms with Crippen LogP contribution in [0.2, 0.25) is 0 Å². The van der Waals surface area contributed by atoms with Crippen LogP contribution in [0.4, 0.5) is 5.69 Å². The Morgan fingerprint density at radius 2 is 2.25 bits per heavy atom. The van der Waals surface area contributed by atoms with Crippen LogP contribution in [-0.4, -0.2) is 31.5 Å². The van der Waals surface area contributed by atoms with E-state index in [0.29, 0.717) is 23.5 Å². The van der Waals surface area contributed by atoms with Crippen molar-refractivity contribution in [2.24, 2.45) is 11.8 Å². The number of fused-ring (bicyclic) bond motifs is 1. The maximum Gasteiger partial charge on any atom is 0.163 e. The molecule has 0 radical (unpaired) electrons. The molecule has 0 spiro atoms. The van der Waals surface area contributed by atoms with E-state index in [0.717, 1.165) is 11.6 Å². The van der Waals surface area contributed by atoms with Crippen molar-refractivity contribution in [1.29, 1.82) is 0 Å². The Kier molecular flexibility index (Phi) is 3.83. The molecule has 0 aliphatic heterocycles. The smallest absolute Gasteiger partial charge is 0.163 e. The van der Waals surface area contributed by atoms with Gasteiger partial charge in [-0.05, 0) is 30.9 Å². The van der Waals surface area contributed by atoms with Gasteiger partial charge in [0.1, 0.15) is 6.61 Å². The summed E-state index contributed by atoms with van der Waals surface area (Å²) < 4.78 is 10.8. The fourth-order valence-electron chi connectivity index (χ4n) is 3.13. The highest BCUT2D eigenvalue weighted by atomic mass is 16.5. The van der Waals surface area contributed by atoms with Crippen molar-refractivity contribution in [2.75, 3.05) is 25.6 Å². The largest absolute Gasteiger partial charge is 0.493 e. The molecule has 108 valence electrons. The normalized spacial score (nSPS) is 26.8. The van der Waals surface area contributed by atoms with Crippen molar-refractivity contribution in [3.8, 4) is 11.5 Å². The van der Waals surface area contributed by atoms with Gasteiger partial charge in [0.2, 0.25) is 0 Å². The standard InChI is InChI=1S/C16H21NO3/c1-19-15-6-5-12(10-16(15)20-8-7-18)17-14-9-11-3-2-4-13(11)14/h2,4-6,10-11,13-14,17-18H,3,7-9H2,1H3. The first-order valence-electron chi connectivity index (χ1n) is 7.16. The molecule has 0 heterocycles. The van der Waals surface area contributed by atoms with E-state index in [-0.39, 0.29) is 13.2 Å². The van der Waals surface area contributed by atoms with E-state index >= 15 is 0 Å². The van der Waals surface area contributed by atoms with Gasteiger partial charge in [0.25, 0.3) is 0 Å². The molecule has 1 aromatic carbocycles. The summed E-state index contributed by atoms with van der Waals surface area (Å²) in [5.74, 6) is 2.88. The number of benzene rings is 1. The number of aliphatic hydroxyl groups is 1. The lowest BCUT2D eigenvalue weighted by atomic mass is 9.71. The van der Waals surface area contributed by atoms with Gasteiger partial charge in [-0.15, -0.1) is 0 Å². The van der Waals surface area contributed by atoms with Crippen LogP contribution in [0.1, 0.15) is 12.8 Å². The Balaban J connectivity index is 1.68. The minimum atomic E-state index is -0.00200. The molecule has 1 saturated carbocycles. The van der Waals surface area contributed by atoms with Crippen LogP contribution in [0.15, 0.2) is 30.4 Å². The summed E-state index contributed by atoms with van der Waals surface area (Å²) in [5, 5.41) is 12.4. The fraction of sp³-hybridized carbons (Fsp3) is 0.500. The first-order valence-corrected chi connectivity index (χ1v) is 7.16. The molecule has 3 unspecified atom stereocenters. The van der Waals surface area contributed by atoms with Gasteiger partial charge >= 0.3 is 0 Å². The Hall–Kier alpha value is -1.68. The molecule has 0 saturated heterocycles. The first kappa shape index (κ1) is 13.3. The SMILES string of the molecule is COc1ccc(NC2CC3CC=CC32)cc1OCCO. The Morgan fingerprint density at radius 1 is 1.35 bits per heavy atom. The van der Waals surface area contributed by atoms with Gasteiger partial charge in [-0.2, -0.15) is 0 Å². The molecule has 2 aliphatic rings. The summed E-state index contributed by atoms with van der Waals surface area (Å²) in [6, 6.07) is 6.38. The van der Waals surface area contributed by atoms with Crippen molar-refractivity contribution in [1.82, 2.24) is 0 Å². The summed E-state index contributed by atoms with van der Waals surface area (Å²) in [7, 11) is 1.62. The van der Waals surface area contributed by atoms with Gasteiger partial charge in [-0.1, -0.05) is 12.2 Å². The number of hydrogen-bond acceptors (Lipinski definition) is 4. The molecule has 4 nitrogen and oxygen atoms in total. The van der Waals surface area contributed by atoms with Crippen molar-refractivity contribution in [2.45, 2.75) is 18.9 Å². The molecule has 0 amide bonds. The number of anilines is 1. The summed E-state index contributed by atoms with van der Waals surface area (Å²) >= 11 is 0. The molecular formula is C16H21NO3. The predicted octanol–water partition coefficient (Wildman–Crippen LogP) is 2.44. The number of nitrogens with one attached hydrogen (secondary N) is 1. The lowest BCUT2D eigenvalue weighted by Crippen LogP contribution is -2.43.